The first-order chi connectivity index (χ1) is 15.1. The summed E-state index contributed by atoms with van der Waals surface area (Å²) in [5, 5.41) is 4.27. The number of methoxy groups -OCH3 is 3. The summed E-state index contributed by atoms with van der Waals surface area (Å²) >= 11 is 0. The van der Waals surface area contributed by atoms with Gasteiger partial charge in [0.25, 0.3) is 5.91 Å². The lowest BCUT2D eigenvalue weighted by atomic mass is 10.1. The van der Waals surface area contributed by atoms with Crippen molar-refractivity contribution >= 4 is 17.4 Å². The van der Waals surface area contributed by atoms with Crippen molar-refractivity contribution in [2.45, 2.75) is 0 Å². The van der Waals surface area contributed by atoms with Gasteiger partial charge in [-0.15, -0.1) is 0 Å². The Labute approximate surface area is 178 Å². The van der Waals surface area contributed by atoms with Crippen LogP contribution in [0.1, 0.15) is 10.4 Å². The Hall–Kier alpha value is -4.27. The first-order valence-corrected chi connectivity index (χ1v) is 9.41. The second kappa shape index (κ2) is 8.62. The molecule has 0 aliphatic rings. The first-order valence-electron chi connectivity index (χ1n) is 9.41. The van der Waals surface area contributed by atoms with E-state index in [0.29, 0.717) is 34.3 Å². The lowest BCUT2D eigenvalue weighted by Gasteiger charge is -2.15. The fourth-order valence-corrected chi connectivity index (χ4v) is 3.16. The van der Waals surface area contributed by atoms with E-state index >= 15 is 0 Å². The summed E-state index contributed by atoms with van der Waals surface area (Å²) in [4.78, 5) is 17.4. The summed E-state index contributed by atoms with van der Waals surface area (Å²) in [7, 11) is 4.49. The minimum absolute atomic E-state index is 0.330. The van der Waals surface area contributed by atoms with Gasteiger partial charge in [0.2, 0.25) is 5.75 Å². The van der Waals surface area contributed by atoms with Gasteiger partial charge in [-0.25, -0.2) is 4.98 Å². The number of rotatable bonds is 7. The van der Waals surface area contributed by atoms with E-state index in [1.54, 1.807) is 28.9 Å². The summed E-state index contributed by atoms with van der Waals surface area (Å²) in [5.74, 6) is 1.34. The van der Waals surface area contributed by atoms with Crippen molar-refractivity contribution in [3.05, 3.63) is 66.4 Å². The third-order valence-electron chi connectivity index (χ3n) is 4.66. The average molecular weight is 419 g/mol. The average Bonchev–Trinajstić information content (AvgIpc) is 3.30. The molecule has 0 aliphatic heterocycles. The minimum Gasteiger partial charge on any atom is -0.493 e. The van der Waals surface area contributed by atoms with Crippen LogP contribution >= 0.6 is 0 Å². The van der Waals surface area contributed by atoms with Gasteiger partial charge in [0.05, 0.1) is 33.2 Å². The number of benzene rings is 2. The number of hydrogen-bond acceptors (Lipinski definition) is 7. The maximum absolute atomic E-state index is 12.8. The van der Waals surface area contributed by atoms with E-state index in [0.717, 1.165) is 11.3 Å². The topological polar surface area (TPSA) is 99.0 Å². The van der Waals surface area contributed by atoms with Crippen LogP contribution in [-0.2, 0) is 0 Å². The number of hydrazine groups is 1. The molecule has 9 heteroatoms. The molecule has 0 spiro atoms. The van der Waals surface area contributed by atoms with Crippen LogP contribution in [0.5, 0.6) is 17.2 Å². The van der Waals surface area contributed by atoms with Gasteiger partial charge in [0.1, 0.15) is 0 Å². The zero-order chi connectivity index (χ0) is 21.8. The van der Waals surface area contributed by atoms with Crippen molar-refractivity contribution in [1.29, 1.82) is 0 Å². The Morgan fingerprint density at radius 1 is 0.935 bits per heavy atom. The smallest absolute Gasteiger partial charge is 0.269 e. The second-order valence-corrected chi connectivity index (χ2v) is 6.49. The highest BCUT2D eigenvalue weighted by Gasteiger charge is 2.17. The van der Waals surface area contributed by atoms with Crippen LogP contribution in [0, 0.1) is 0 Å². The molecule has 4 rings (SSSR count). The Kier molecular flexibility index (Phi) is 5.57. The summed E-state index contributed by atoms with van der Waals surface area (Å²) in [6, 6.07) is 16.5. The molecule has 2 aromatic carbocycles. The number of amides is 1. The summed E-state index contributed by atoms with van der Waals surface area (Å²) in [6.45, 7) is 0. The molecule has 4 aromatic rings. The van der Waals surface area contributed by atoms with Crippen LogP contribution in [0.2, 0.25) is 0 Å². The maximum atomic E-state index is 12.8. The SMILES string of the molecule is COc1cc(C(=O)NNc2cc(-c3ccccc3)nc3ccnn23)cc(OC)c1OC. The van der Waals surface area contributed by atoms with Crippen LogP contribution < -0.4 is 25.1 Å². The number of nitrogens with zero attached hydrogens (tertiary/aromatic N) is 3. The standard InChI is InChI=1S/C22H21N5O4/c1-29-17-11-15(12-18(30-2)21(17)31-3)22(28)26-25-20-13-16(14-7-5-4-6-8-14)24-19-9-10-23-27(19)20/h4-13,25H,1-3H3,(H,26,28). The largest absolute Gasteiger partial charge is 0.493 e. The number of carbonyl (C=O) groups is 1. The highest BCUT2D eigenvalue weighted by atomic mass is 16.5. The number of anilines is 1. The number of nitrogens with one attached hydrogen (secondary N) is 2. The highest BCUT2D eigenvalue weighted by molar-refractivity contribution is 5.96. The molecular formula is C22H21N5O4. The number of ether oxygens (including phenoxy) is 3. The molecule has 0 aliphatic carbocycles. The van der Waals surface area contributed by atoms with Gasteiger partial charge in [-0.1, -0.05) is 30.3 Å². The van der Waals surface area contributed by atoms with Gasteiger partial charge in [-0.3, -0.25) is 15.6 Å². The molecule has 0 unspecified atom stereocenters. The molecule has 2 aromatic heterocycles. The van der Waals surface area contributed by atoms with Crippen LogP contribution in [0.4, 0.5) is 5.82 Å². The second-order valence-electron chi connectivity index (χ2n) is 6.49. The molecule has 0 saturated carbocycles. The predicted molar refractivity (Wildman–Crippen MR) is 116 cm³/mol. The lowest BCUT2D eigenvalue weighted by molar-refractivity contribution is 0.0961. The van der Waals surface area contributed by atoms with Crippen LogP contribution in [0.3, 0.4) is 0 Å². The summed E-state index contributed by atoms with van der Waals surface area (Å²) in [5.41, 5.74) is 8.29. The lowest BCUT2D eigenvalue weighted by Crippen LogP contribution is -2.30. The molecule has 1 amide bonds. The van der Waals surface area contributed by atoms with E-state index < -0.39 is 5.91 Å². The normalized spacial score (nSPS) is 10.5. The first kappa shape index (κ1) is 20.0. The monoisotopic (exact) mass is 419 g/mol. The molecular weight excluding hydrogens is 398 g/mol. The number of aromatic nitrogens is 3. The quantitative estimate of drug-likeness (QED) is 0.444. The minimum atomic E-state index is -0.391. The van der Waals surface area contributed by atoms with Gasteiger partial charge < -0.3 is 14.2 Å². The van der Waals surface area contributed by atoms with E-state index in [4.69, 9.17) is 14.2 Å². The van der Waals surface area contributed by atoms with Gasteiger partial charge >= 0.3 is 0 Å². The summed E-state index contributed by atoms with van der Waals surface area (Å²) < 4.78 is 17.5. The molecule has 0 saturated heterocycles. The van der Waals surface area contributed by atoms with E-state index in [2.05, 4.69) is 20.9 Å². The molecule has 9 nitrogen and oxygen atoms in total. The molecule has 2 N–H and O–H groups in total. The van der Waals surface area contributed by atoms with Crippen molar-refractivity contribution in [3.8, 4) is 28.5 Å². The fourth-order valence-electron chi connectivity index (χ4n) is 3.16. The van der Waals surface area contributed by atoms with Gasteiger partial charge in [0.15, 0.2) is 23.0 Å². The van der Waals surface area contributed by atoms with Gasteiger partial charge in [0, 0.05) is 23.3 Å². The Bertz CT molecular complexity index is 1200. The Balaban J connectivity index is 1.62. The van der Waals surface area contributed by atoms with Crippen molar-refractivity contribution in [2.75, 3.05) is 26.8 Å². The molecule has 0 radical (unpaired) electrons. The van der Waals surface area contributed by atoms with Crippen molar-refractivity contribution < 1.29 is 19.0 Å². The number of fused-ring (bicyclic) bond motifs is 1. The van der Waals surface area contributed by atoms with Crippen LogP contribution in [0.25, 0.3) is 16.9 Å². The van der Waals surface area contributed by atoms with E-state index in [1.807, 2.05) is 36.4 Å². The van der Waals surface area contributed by atoms with Crippen molar-refractivity contribution in [2.24, 2.45) is 0 Å². The molecule has 0 fully saturated rings. The number of carbonyl (C=O) groups excluding carboxylic acids is 1. The van der Waals surface area contributed by atoms with E-state index in [9.17, 15) is 4.79 Å². The number of hydrogen-bond donors (Lipinski definition) is 2. The Morgan fingerprint density at radius 3 is 2.29 bits per heavy atom. The maximum Gasteiger partial charge on any atom is 0.269 e. The molecule has 0 atom stereocenters. The molecule has 2 heterocycles. The third kappa shape index (κ3) is 3.93. The van der Waals surface area contributed by atoms with Crippen molar-refractivity contribution in [1.82, 2.24) is 20.0 Å². The molecule has 158 valence electrons. The third-order valence-corrected chi connectivity index (χ3v) is 4.66. The van der Waals surface area contributed by atoms with Crippen molar-refractivity contribution in [3.63, 3.8) is 0 Å². The zero-order valence-electron chi connectivity index (χ0n) is 17.2. The Morgan fingerprint density at radius 2 is 1.65 bits per heavy atom. The van der Waals surface area contributed by atoms with Gasteiger partial charge in [-0.05, 0) is 12.1 Å². The summed E-state index contributed by atoms with van der Waals surface area (Å²) in [6.07, 6.45) is 1.64. The predicted octanol–water partition coefficient (Wildman–Crippen LogP) is 3.18. The van der Waals surface area contributed by atoms with Gasteiger partial charge in [-0.2, -0.15) is 9.61 Å². The van der Waals surface area contributed by atoms with Crippen LogP contribution in [0.15, 0.2) is 60.8 Å². The fraction of sp³-hybridized carbons (Fsp3) is 0.136. The molecule has 31 heavy (non-hydrogen) atoms. The van der Waals surface area contributed by atoms with E-state index in [-0.39, 0.29) is 0 Å². The van der Waals surface area contributed by atoms with E-state index in [1.165, 1.54) is 21.3 Å². The highest BCUT2D eigenvalue weighted by Crippen LogP contribution is 2.38. The zero-order valence-corrected chi connectivity index (χ0v) is 17.2. The van der Waals surface area contributed by atoms with Crippen LogP contribution in [-0.4, -0.2) is 41.8 Å². The molecule has 0 bridgehead atoms.